The molecule has 0 aromatic heterocycles. The molecule has 228 valence electrons. The van der Waals surface area contributed by atoms with E-state index in [9.17, 15) is 9.59 Å². The quantitative estimate of drug-likeness (QED) is 0.166. The Balaban J connectivity index is 1.67. The Hall–Kier alpha value is -4.06. The molecule has 4 rings (SSSR count). The fourth-order valence-corrected chi connectivity index (χ4v) is 5.15. The number of esters is 1. The zero-order valence-corrected chi connectivity index (χ0v) is 26.9. The van der Waals surface area contributed by atoms with Crippen LogP contribution in [0.4, 0.5) is 10.5 Å². The number of hydrogen-bond donors (Lipinski definition) is 0. The van der Waals surface area contributed by atoms with Gasteiger partial charge in [-0.05, 0) is 99.6 Å². The molecule has 0 atom stereocenters. The average molecular weight is 583 g/mol. The Morgan fingerprint density at radius 1 is 0.721 bits per heavy atom. The Kier molecular flexibility index (Phi) is 9.69. The molecule has 1 aliphatic heterocycles. The van der Waals surface area contributed by atoms with Gasteiger partial charge >= 0.3 is 12.1 Å². The predicted octanol–water partition coefficient (Wildman–Crippen LogP) is 8.31. The van der Waals surface area contributed by atoms with Gasteiger partial charge in [-0.1, -0.05) is 68.4 Å². The number of carbonyl (C=O) groups is 2. The van der Waals surface area contributed by atoms with Gasteiger partial charge in [0.2, 0.25) is 0 Å². The van der Waals surface area contributed by atoms with Crippen LogP contribution < -0.4 is 9.64 Å². The monoisotopic (exact) mass is 582 g/mol. The van der Waals surface area contributed by atoms with Crippen LogP contribution in [0.15, 0.2) is 78.9 Å². The Bertz CT molecular complexity index is 1440. The van der Waals surface area contributed by atoms with Crippen molar-refractivity contribution < 1.29 is 19.1 Å². The van der Waals surface area contributed by atoms with E-state index in [1.165, 1.54) is 5.57 Å². The van der Waals surface area contributed by atoms with Crippen LogP contribution in [0.3, 0.4) is 0 Å². The van der Waals surface area contributed by atoms with E-state index in [0.717, 1.165) is 41.0 Å². The molecule has 3 aromatic rings. The lowest BCUT2D eigenvalue weighted by atomic mass is 9.84. The lowest BCUT2D eigenvalue weighted by Gasteiger charge is -2.36. The van der Waals surface area contributed by atoms with Gasteiger partial charge in [0, 0.05) is 31.9 Å². The third-order valence-corrected chi connectivity index (χ3v) is 7.33. The fourth-order valence-electron chi connectivity index (χ4n) is 5.15. The maximum Gasteiger partial charge on any atom is 0.410 e. The molecule has 1 amide bonds. The van der Waals surface area contributed by atoms with Gasteiger partial charge in [-0.25, -0.2) is 4.79 Å². The molecule has 0 aliphatic carbocycles. The number of allylic oxidation sites excluding steroid dienone is 1. The van der Waals surface area contributed by atoms with Crippen LogP contribution in [0.1, 0.15) is 72.1 Å². The largest absolute Gasteiger partial charge is 0.444 e. The molecule has 0 saturated carbocycles. The number of nitrogens with zero attached hydrogens (tertiary/aromatic N) is 2. The summed E-state index contributed by atoms with van der Waals surface area (Å²) in [6, 6.07) is 27.0. The second-order valence-electron chi connectivity index (χ2n) is 13.5. The molecule has 0 spiro atoms. The normalized spacial score (nSPS) is 14.8. The minimum Gasteiger partial charge on any atom is -0.444 e. The zero-order valence-electron chi connectivity index (χ0n) is 26.9. The number of carbonyl (C=O) groups excluding carboxylic acids is 2. The van der Waals surface area contributed by atoms with Gasteiger partial charge in [-0.3, -0.25) is 4.79 Å². The van der Waals surface area contributed by atoms with Gasteiger partial charge in [-0.2, -0.15) is 0 Å². The lowest BCUT2D eigenvalue weighted by Crippen LogP contribution is -2.50. The first kappa shape index (κ1) is 31.9. The van der Waals surface area contributed by atoms with Crippen molar-refractivity contribution in [3.8, 4) is 5.75 Å². The smallest absolute Gasteiger partial charge is 0.410 e. The number of ether oxygens (including phenoxy) is 2. The van der Waals surface area contributed by atoms with Crippen LogP contribution in [-0.4, -0.2) is 48.7 Å². The molecule has 1 fully saturated rings. The highest BCUT2D eigenvalue weighted by Gasteiger charge is 2.27. The van der Waals surface area contributed by atoms with E-state index < -0.39 is 11.0 Å². The van der Waals surface area contributed by atoms with Crippen LogP contribution in [0, 0.1) is 11.3 Å². The van der Waals surface area contributed by atoms with E-state index >= 15 is 0 Å². The van der Waals surface area contributed by atoms with Crippen molar-refractivity contribution in [2.75, 3.05) is 31.1 Å². The molecule has 0 N–H and O–H groups in total. The minimum absolute atomic E-state index is 0.235. The molecule has 6 nitrogen and oxygen atoms in total. The number of amides is 1. The molecular weight excluding hydrogens is 536 g/mol. The Morgan fingerprint density at radius 2 is 1.33 bits per heavy atom. The molecule has 3 aromatic carbocycles. The highest BCUT2D eigenvalue weighted by molar-refractivity contribution is 5.99. The summed E-state index contributed by atoms with van der Waals surface area (Å²) in [5.74, 6) is 0.503. The van der Waals surface area contributed by atoms with Gasteiger partial charge < -0.3 is 19.3 Å². The summed E-state index contributed by atoms with van der Waals surface area (Å²) in [7, 11) is 0. The van der Waals surface area contributed by atoms with E-state index in [0.29, 0.717) is 18.8 Å². The summed E-state index contributed by atoms with van der Waals surface area (Å²) >= 11 is 0. The first-order valence-corrected chi connectivity index (χ1v) is 15.2. The van der Waals surface area contributed by atoms with Crippen LogP contribution in [0.25, 0.3) is 11.1 Å². The zero-order chi connectivity index (χ0) is 31.4. The molecule has 0 bridgehead atoms. The second kappa shape index (κ2) is 13.1. The Labute approximate surface area is 257 Å². The summed E-state index contributed by atoms with van der Waals surface area (Å²) < 4.78 is 11.4. The SMILES string of the molecule is CC(C)/C(=C(/c1ccc(N2CCN(C(=O)OC(C)(C)C)CC2)cc1)c1cccc(OC(=O)C(C)(C)C)c1)c1ccccc1. The molecule has 0 radical (unpaired) electrons. The van der Waals surface area contributed by atoms with Crippen molar-refractivity contribution in [1.29, 1.82) is 0 Å². The van der Waals surface area contributed by atoms with E-state index in [1.54, 1.807) is 4.90 Å². The minimum atomic E-state index is -0.601. The Morgan fingerprint density at radius 3 is 1.88 bits per heavy atom. The number of piperazine rings is 1. The van der Waals surface area contributed by atoms with Gasteiger partial charge in [0.1, 0.15) is 11.4 Å². The summed E-state index contributed by atoms with van der Waals surface area (Å²) in [5.41, 5.74) is 5.58. The summed E-state index contributed by atoms with van der Waals surface area (Å²) in [4.78, 5) is 29.3. The fraction of sp³-hybridized carbons (Fsp3) is 0.405. The van der Waals surface area contributed by atoms with Gasteiger partial charge in [0.05, 0.1) is 5.41 Å². The standard InChI is InChI=1S/C37H46N2O4/c1-26(2)32(27-13-10-9-11-14-27)33(29-15-12-16-31(25-29)42-34(40)36(3,4)5)28-17-19-30(20-18-28)38-21-23-39(24-22-38)35(41)43-37(6,7)8/h9-20,25-26H,21-24H2,1-8H3/b33-32+. The average Bonchev–Trinajstić information content (AvgIpc) is 2.95. The second-order valence-corrected chi connectivity index (χ2v) is 13.5. The molecule has 1 saturated heterocycles. The third-order valence-electron chi connectivity index (χ3n) is 7.33. The molecule has 1 aliphatic rings. The highest BCUT2D eigenvalue weighted by Crippen LogP contribution is 2.38. The van der Waals surface area contributed by atoms with Crippen LogP contribution >= 0.6 is 0 Å². The maximum atomic E-state index is 12.7. The van der Waals surface area contributed by atoms with E-state index in [4.69, 9.17) is 9.47 Å². The van der Waals surface area contributed by atoms with Crippen molar-refractivity contribution in [3.63, 3.8) is 0 Å². The first-order chi connectivity index (χ1) is 20.2. The highest BCUT2D eigenvalue weighted by atomic mass is 16.6. The molecule has 1 heterocycles. The number of rotatable bonds is 6. The van der Waals surface area contributed by atoms with E-state index in [1.807, 2.05) is 65.8 Å². The van der Waals surface area contributed by atoms with E-state index in [-0.39, 0.29) is 18.0 Å². The third kappa shape index (κ3) is 8.28. The molecule has 6 heteroatoms. The number of hydrogen-bond acceptors (Lipinski definition) is 5. The van der Waals surface area contributed by atoms with Gasteiger partial charge in [-0.15, -0.1) is 0 Å². The van der Waals surface area contributed by atoms with Crippen molar-refractivity contribution in [2.24, 2.45) is 11.3 Å². The number of anilines is 1. The van der Waals surface area contributed by atoms with Crippen LogP contribution in [0.5, 0.6) is 5.75 Å². The predicted molar refractivity (Wildman–Crippen MR) is 175 cm³/mol. The summed E-state index contributed by atoms with van der Waals surface area (Å²) in [6.07, 6.45) is -0.255. The maximum absolute atomic E-state index is 12.7. The van der Waals surface area contributed by atoms with E-state index in [2.05, 4.69) is 73.3 Å². The van der Waals surface area contributed by atoms with Gasteiger partial charge in [0.25, 0.3) is 0 Å². The topological polar surface area (TPSA) is 59.1 Å². The summed E-state index contributed by atoms with van der Waals surface area (Å²) in [6.45, 7) is 18.4. The van der Waals surface area contributed by atoms with Crippen molar-refractivity contribution in [2.45, 2.75) is 61.0 Å². The lowest BCUT2D eigenvalue weighted by molar-refractivity contribution is -0.143. The van der Waals surface area contributed by atoms with Crippen molar-refractivity contribution in [3.05, 3.63) is 95.6 Å². The van der Waals surface area contributed by atoms with Crippen LogP contribution in [0.2, 0.25) is 0 Å². The molecular formula is C37H46N2O4. The summed E-state index contributed by atoms with van der Waals surface area (Å²) in [5, 5.41) is 0. The number of benzene rings is 3. The molecule has 43 heavy (non-hydrogen) atoms. The van der Waals surface area contributed by atoms with Crippen molar-refractivity contribution in [1.82, 2.24) is 4.90 Å². The first-order valence-electron chi connectivity index (χ1n) is 15.2. The van der Waals surface area contributed by atoms with Gasteiger partial charge in [0.15, 0.2) is 0 Å². The van der Waals surface area contributed by atoms with Crippen LogP contribution in [-0.2, 0) is 9.53 Å². The van der Waals surface area contributed by atoms with Crippen molar-refractivity contribution >= 4 is 28.9 Å². The molecule has 0 unspecified atom stereocenters.